The van der Waals surface area contributed by atoms with Gasteiger partial charge in [0, 0.05) is 15.8 Å². The minimum atomic E-state index is 0.617. The van der Waals surface area contributed by atoms with Gasteiger partial charge < -0.3 is 5.32 Å². The summed E-state index contributed by atoms with van der Waals surface area (Å²) in [7, 11) is 0. The molecule has 0 aromatic carbocycles. The highest BCUT2D eigenvalue weighted by Gasteiger charge is 2.13. The van der Waals surface area contributed by atoms with Crippen LogP contribution in [0.25, 0.3) is 0 Å². The molecule has 102 valence electrons. The highest BCUT2D eigenvalue weighted by Crippen LogP contribution is 2.22. The van der Waals surface area contributed by atoms with E-state index in [-0.39, 0.29) is 0 Å². The summed E-state index contributed by atoms with van der Waals surface area (Å²) in [6.07, 6.45) is 9.89. The topological polar surface area (TPSA) is 12.0 Å². The third-order valence-electron chi connectivity index (χ3n) is 4.03. The third kappa shape index (κ3) is 4.74. The zero-order valence-corrected chi connectivity index (χ0v) is 12.7. The van der Waals surface area contributed by atoms with Crippen molar-refractivity contribution in [2.45, 2.75) is 64.8 Å². The lowest BCUT2D eigenvalue weighted by atomic mass is 10.00. The van der Waals surface area contributed by atoms with E-state index in [1.165, 1.54) is 61.2 Å². The molecule has 1 saturated carbocycles. The maximum atomic E-state index is 3.74. The van der Waals surface area contributed by atoms with E-state index in [0.717, 1.165) is 5.92 Å². The average Bonchev–Trinajstić information content (AvgIpc) is 2.62. The van der Waals surface area contributed by atoms with E-state index in [9.17, 15) is 0 Å². The second-order valence-electron chi connectivity index (χ2n) is 5.88. The fourth-order valence-corrected chi connectivity index (χ4v) is 3.92. The molecule has 1 aliphatic rings. The molecule has 1 aromatic heterocycles. The summed E-state index contributed by atoms with van der Waals surface area (Å²) >= 11 is 1.94. The average molecular weight is 265 g/mol. The van der Waals surface area contributed by atoms with Gasteiger partial charge in [0.1, 0.15) is 0 Å². The monoisotopic (exact) mass is 265 g/mol. The van der Waals surface area contributed by atoms with Crippen LogP contribution in [0.4, 0.5) is 0 Å². The Morgan fingerprint density at radius 1 is 1.22 bits per heavy atom. The van der Waals surface area contributed by atoms with Gasteiger partial charge in [-0.1, -0.05) is 25.7 Å². The maximum Gasteiger partial charge on any atom is 0.00871 e. The highest BCUT2D eigenvalue weighted by atomic mass is 32.1. The van der Waals surface area contributed by atoms with Crippen LogP contribution in [-0.2, 0) is 6.42 Å². The zero-order chi connectivity index (χ0) is 12.8. The number of nitrogens with one attached hydrogen (secondary N) is 1. The van der Waals surface area contributed by atoms with Gasteiger partial charge in [0.25, 0.3) is 0 Å². The van der Waals surface area contributed by atoms with Gasteiger partial charge in [-0.05, 0) is 57.7 Å². The molecule has 2 rings (SSSR count). The minimum absolute atomic E-state index is 0.617. The molecule has 1 fully saturated rings. The fourth-order valence-electron chi connectivity index (χ4n) is 2.90. The van der Waals surface area contributed by atoms with Crippen molar-refractivity contribution in [3.63, 3.8) is 0 Å². The van der Waals surface area contributed by atoms with E-state index < -0.39 is 0 Å². The Balaban J connectivity index is 1.69. The van der Waals surface area contributed by atoms with Crippen molar-refractivity contribution in [2.24, 2.45) is 5.92 Å². The van der Waals surface area contributed by atoms with Crippen LogP contribution in [0.2, 0.25) is 0 Å². The molecule has 0 aliphatic heterocycles. The van der Waals surface area contributed by atoms with Gasteiger partial charge >= 0.3 is 0 Å². The summed E-state index contributed by atoms with van der Waals surface area (Å²) in [6, 6.07) is 5.13. The third-order valence-corrected chi connectivity index (χ3v) is 5.06. The highest BCUT2D eigenvalue weighted by molar-refractivity contribution is 7.11. The Labute approximate surface area is 116 Å². The van der Waals surface area contributed by atoms with Crippen molar-refractivity contribution in [1.29, 1.82) is 0 Å². The van der Waals surface area contributed by atoms with Crippen molar-refractivity contribution < 1.29 is 0 Å². The van der Waals surface area contributed by atoms with Gasteiger partial charge in [-0.15, -0.1) is 11.3 Å². The number of rotatable bonds is 5. The van der Waals surface area contributed by atoms with Crippen molar-refractivity contribution in [1.82, 2.24) is 5.32 Å². The lowest BCUT2D eigenvalue weighted by Gasteiger charge is -2.19. The van der Waals surface area contributed by atoms with Crippen molar-refractivity contribution in [3.05, 3.63) is 21.9 Å². The van der Waals surface area contributed by atoms with E-state index in [4.69, 9.17) is 0 Å². The van der Waals surface area contributed by atoms with Gasteiger partial charge in [0.05, 0.1) is 0 Å². The molecule has 1 unspecified atom stereocenters. The molecule has 1 N–H and O–H groups in total. The summed E-state index contributed by atoms with van der Waals surface area (Å²) in [6.45, 7) is 5.75. The summed E-state index contributed by atoms with van der Waals surface area (Å²) < 4.78 is 0. The molecule has 2 heteroatoms. The van der Waals surface area contributed by atoms with Crippen molar-refractivity contribution >= 4 is 11.3 Å². The lowest BCUT2D eigenvalue weighted by molar-refractivity contribution is 0.399. The van der Waals surface area contributed by atoms with Gasteiger partial charge in [-0.2, -0.15) is 0 Å². The number of thiophene rings is 1. The van der Waals surface area contributed by atoms with Crippen LogP contribution in [0.5, 0.6) is 0 Å². The summed E-state index contributed by atoms with van der Waals surface area (Å²) in [5.74, 6) is 0.931. The largest absolute Gasteiger partial charge is 0.314 e. The molecule has 0 bridgehead atoms. The summed E-state index contributed by atoms with van der Waals surface area (Å²) in [5, 5.41) is 3.74. The van der Waals surface area contributed by atoms with Crippen LogP contribution < -0.4 is 5.32 Å². The standard InChI is InChI=1S/C16H27NS/c1-13(11-16-10-9-14(2)18-16)17-12-15-7-5-3-4-6-8-15/h9-10,13,15,17H,3-8,11-12H2,1-2H3. The van der Waals surface area contributed by atoms with Crippen LogP contribution in [0.3, 0.4) is 0 Å². The quantitative estimate of drug-likeness (QED) is 0.770. The Bertz CT molecular complexity index is 337. The first-order chi connectivity index (χ1) is 8.74. The van der Waals surface area contributed by atoms with Gasteiger partial charge in [0.2, 0.25) is 0 Å². The first kappa shape index (κ1) is 14.1. The number of hydrogen-bond donors (Lipinski definition) is 1. The first-order valence-electron chi connectivity index (χ1n) is 7.53. The van der Waals surface area contributed by atoms with Gasteiger partial charge in [-0.25, -0.2) is 0 Å². The second kappa shape index (κ2) is 7.30. The number of aryl methyl sites for hydroxylation is 1. The van der Waals surface area contributed by atoms with Gasteiger partial charge in [-0.3, -0.25) is 0 Å². The fraction of sp³-hybridized carbons (Fsp3) is 0.750. The van der Waals surface area contributed by atoms with Crippen molar-refractivity contribution in [3.8, 4) is 0 Å². The maximum absolute atomic E-state index is 3.74. The van der Waals surface area contributed by atoms with Crippen LogP contribution >= 0.6 is 11.3 Å². The molecule has 0 amide bonds. The SMILES string of the molecule is Cc1ccc(CC(C)NCC2CCCCCC2)s1. The summed E-state index contributed by atoms with van der Waals surface area (Å²) in [4.78, 5) is 2.95. The smallest absolute Gasteiger partial charge is 0.00871 e. The molecule has 0 saturated heterocycles. The van der Waals surface area contributed by atoms with Crippen LogP contribution in [0, 0.1) is 12.8 Å². The first-order valence-corrected chi connectivity index (χ1v) is 8.34. The van der Waals surface area contributed by atoms with Crippen molar-refractivity contribution in [2.75, 3.05) is 6.54 Å². The molecule has 0 spiro atoms. The molecule has 1 heterocycles. The predicted octanol–water partition coefficient (Wildman–Crippen LogP) is 4.55. The molecular formula is C16H27NS. The predicted molar refractivity (Wildman–Crippen MR) is 81.4 cm³/mol. The Kier molecular flexibility index (Phi) is 5.71. The summed E-state index contributed by atoms with van der Waals surface area (Å²) in [5.41, 5.74) is 0. The molecule has 18 heavy (non-hydrogen) atoms. The normalized spacial score (nSPS) is 19.7. The molecular weight excluding hydrogens is 238 g/mol. The van der Waals surface area contributed by atoms with Crippen LogP contribution in [0.1, 0.15) is 55.2 Å². The molecule has 1 aliphatic carbocycles. The lowest BCUT2D eigenvalue weighted by Crippen LogP contribution is -2.32. The second-order valence-corrected chi connectivity index (χ2v) is 7.26. The molecule has 1 atom stereocenters. The van der Waals surface area contributed by atoms with E-state index in [0.29, 0.717) is 6.04 Å². The van der Waals surface area contributed by atoms with Gasteiger partial charge in [0.15, 0.2) is 0 Å². The Morgan fingerprint density at radius 2 is 1.94 bits per heavy atom. The van der Waals surface area contributed by atoms with Crippen LogP contribution in [0.15, 0.2) is 12.1 Å². The zero-order valence-electron chi connectivity index (χ0n) is 11.9. The minimum Gasteiger partial charge on any atom is -0.314 e. The molecule has 0 radical (unpaired) electrons. The van der Waals surface area contributed by atoms with E-state index in [1.807, 2.05) is 11.3 Å². The van der Waals surface area contributed by atoms with E-state index in [2.05, 4.69) is 31.3 Å². The van der Waals surface area contributed by atoms with E-state index in [1.54, 1.807) is 0 Å². The van der Waals surface area contributed by atoms with E-state index >= 15 is 0 Å². The van der Waals surface area contributed by atoms with Crippen LogP contribution in [-0.4, -0.2) is 12.6 Å². The number of hydrogen-bond acceptors (Lipinski definition) is 2. The Hall–Kier alpha value is -0.340. The molecule has 1 nitrogen and oxygen atoms in total. The Morgan fingerprint density at radius 3 is 2.56 bits per heavy atom. The molecule has 1 aromatic rings.